The van der Waals surface area contributed by atoms with Crippen LogP contribution in [0.4, 0.5) is 0 Å². The fourth-order valence-electron chi connectivity index (χ4n) is 1.95. The summed E-state index contributed by atoms with van der Waals surface area (Å²) in [6.07, 6.45) is 3.54. The van der Waals surface area contributed by atoms with Gasteiger partial charge in [-0.3, -0.25) is 4.98 Å². The Labute approximate surface area is 91.2 Å². The Hall–Kier alpha value is -1.37. The molecule has 0 saturated heterocycles. The van der Waals surface area contributed by atoms with Crippen LogP contribution in [0, 0.1) is 6.92 Å². The maximum absolute atomic E-state index is 4.64. The van der Waals surface area contributed by atoms with E-state index in [1.54, 1.807) is 0 Å². The predicted octanol–water partition coefficient (Wildman–Crippen LogP) is 3.89. The van der Waals surface area contributed by atoms with Gasteiger partial charge in [-0.15, -0.1) is 0 Å². The lowest BCUT2D eigenvalue weighted by atomic mass is 10.1. The van der Waals surface area contributed by atoms with Crippen LogP contribution >= 0.6 is 0 Å². The molecule has 2 rings (SSSR count). The Morgan fingerprint density at radius 3 is 2.80 bits per heavy atom. The molecular weight excluding hydrogens is 182 g/mol. The molecule has 0 bridgehead atoms. The normalized spacial score (nSPS) is 10.8. The molecule has 0 saturated carbocycles. The lowest BCUT2D eigenvalue weighted by molar-refractivity contribution is 0.779. The molecule has 0 atom stereocenters. The Bertz CT molecular complexity index is 460. The molecule has 1 aromatic heterocycles. The van der Waals surface area contributed by atoms with Gasteiger partial charge < -0.3 is 0 Å². The summed E-state index contributed by atoms with van der Waals surface area (Å²) in [6, 6.07) is 10.7. The van der Waals surface area contributed by atoms with Crippen LogP contribution in [-0.2, 0) is 6.42 Å². The SMILES string of the molecule is CCCCc1nc(C)cc2ccccc12. The lowest BCUT2D eigenvalue weighted by Crippen LogP contribution is -1.94. The van der Waals surface area contributed by atoms with Gasteiger partial charge in [-0.25, -0.2) is 0 Å². The second kappa shape index (κ2) is 4.43. The van der Waals surface area contributed by atoms with Crippen LogP contribution in [0.25, 0.3) is 10.8 Å². The van der Waals surface area contributed by atoms with E-state index in [0.717, 1.165) is 12.1 Å². The molecule has 1 heteroatoms. The van der Waals surface area contributed by atoms with Crippen molar-refractivity contribution in [2.24, 2.45) is 0 Å². The minimum absolute atomic E-state index is 1.10. The van der Waals surface area contributed by atoms with Gasteiger partial charge in [0, 0.05) is 16.8 Å². The molecule has 2 aromatic rings. The Morgan fingerprint density at radius 2 is 2.00 bits per heavy atom. The molecule has 0 unspecified atom stereocenters. The van der Waals surface area contributed by atoms with Gasteiger partial charge in [0.1, 0.15) is 0 Å². The number of nitrogens with zero attached hydrogens (tertiary/aromatic N) is 1. The first-order chi connectivity index (χ1) is 7.31. The van der Waals surface area contributed by atoms with Gasteiger partial charge in [0.25, 0.3) is 0 Å². The summed E-state index contributed by atoms with van der Waals surface area (Å²) in [7, 11) is 0. The molecule has 0 aliphatic rings. The molecular formula is C14H17N. The van der Waals surface area contributed by atoms with Crippen molar-refractivity contribution in [2.45, 2.75) is 33.1 Å². The summed E-state index contributed by atoms with van der Waals surface area (Å²) in [5.41, 5.74) is 2.38. The van der Waals surface area contributed by atoms with Crippen molar-refractivity contribution in [3.8, 4) is 0 Å². The van der Waals surface area contributed by atoms with E-state index in [-0.39, 0.29) is 0 Å². The summed E-state index contributed by atoms with van der Waals surface area (Å²) < 4.78 is 0. The number of fused-ring (bicyclic) bond motifs is 1. The maximum atomic E-state index is 4.64. The molecule has 0 spiro atoms. The van der Waals surface area contributed by atoms with E-state index in [2.05, 4.69) is 49.2 Å². The van der Waals surface area contributed by atoms with Gasteiger partial charge in [-0.2, -0.15) is 0 Å². The average Bonchev–Trinajstić information content (AvgIpc) is 2.25. The largest absolute Gasteiger partial charge is 0.258 e. The number of unbranched alkanes of at least 4 members (excludes halogenated alkanes) is 1. The Balaban J connectivity index is 2.50. The number of benzene rings is 1. The minimum Gasteiger partial charge on any atom is -0.258 e. The summed E-state index contributed by atoms with van der Waals surface area (Å²) in [4.78, 5) is 4.64. The van der Waals surface area contributed by atoms with Gasteiger partial charge >= 0.3 is 0 Å². The number of pyridine rings is 1. The quantitative estimate of drug-likeness (QED) is 0.731. The number of hydrogen-bond acceptors (Lipinski definition) is 1. The van der Waals surface area contributed by atoms with Gasteiger partial charge in [0.05, 0.1) is 0 Å². The standard InChI is InChI=1S/C14H17N/c1-3-4-9-14-13-8-6-5-7-12(13)10-11(2)15-14/h5-8,10H,3-4,9H2,1-2H3. The molecule has 0 aliphatic heterocycles. The monoisotopic (exact) mass is 199 g/mol. The zero-order chi connectivity index (χ0) is 10.7. The smallest absolute Gasteiger partial charge is 0.0485 e. The summed E-state index contributed by atoms with van der Waals surface area (Å²) in [5.74, 6) is 0. The third kappa shape index (κ3) is 2.17. The number of hydrogen-bond donors (Lipinski definition) is 0. The van der Waals surface area contributed by atoms with Gasteiger partial charge in [0.2, 0.25) is 0 Å². The van der Waals surface area contributed by atoms with Crippen molar-refractivity contribution in [2.75, 3.05) is 0 Å². The third-order valence-corrected chi connectivity index (χ3v) is 2.71. The first-order valence-electron chi connectivity index (χ1n) is 5.66. The summed E-state index contributed by atoms with van der Waals surface area (Å²) >= 11 is 0. The van der Waals surface area contributed by atoms with Crippen LogP contribution in [0.5, 0.6) is 0 Å². The van der Waals surface area contributed by atoms with E-state index in [4.69, 9.17) is 0 Å². The van der Waals surface area contributed by atoms with Crippen molar-refractivity contribution in [3.63, 3.8) is 0 Å². The summed E-state index contributed by atoms with van der Waals surface area (Å²) in [5, 5.41) is 2.63. The first kappa shape index (κ1) is 10.2. The number of aromatic nitrogens is 1. The van der Waals surface area contributed by atoms with Gasteiger partial charge in [0.15, 0.2) is 0 Å². The molecule has 0 N–H and O–H groups in total. The zero-order valence-corrected chi connectivity index (χ0v) is 9.46. The van der Waals surface area contributed by atoms with E-state index in [1.165, 1.54) is 29.3 Å². The van der Waals surface area contributed by atoms with E-state index in [9.17, 15) is 0 Å². The van der Waals surface area contributed by atoms with E-state index < -0.39 is 0 Å². The third-order valence-electron chi connectivity index (χ3n) is 2.71. The second-order valence-electron chi connectivity index (χ2n) is 4.04. The van der Waals surface area contributed by atoms with Crippen molar-refractivity contribution >= 4 is 10.8 Å². The van der Waals surface area contributed by atoms with Crippen molar-refractivity contribution in [1.29, 1.82) is 0 Å². The molecule has 1 nitrogen and oxygen atoms in total. The number of rotatable bonds is 3. The highest BCUT2D eigenvalue weighted by molar-refractivity contribution is 5.84. The molecule has 0 fully saturated rings. The molecule has 1 aromatic carbocycles. The topological polar surface area (TPSA) is 12.9 Å². The molecule has 15 heavy (non-hydrogen) atoms. The van der Waals surface area contributed by atoms with Crippen molar-refractivity contribution in [1.82, 2.24) is 4.98 Å². The molecule has 0 amide bonds. The van der Waals surface area contributed by atoms with Gasteiger partial charge in [-0.1, -0.05) is 37.6 Å². The number of aryl methyl sites for hydroxylation is 2. The summed E-state index contributed by atoms with van der Waals surface area (Å²) in [6.45, 7) is 4.29. The van der Waals surface area contributed by atoms with Crippen LogP contribution in [0.3, 0.4) is 0 Å². The Morgan fingerprint density at radius 1 is 1.20 bits per heavy atom. The van der Waals surface area contributed by atoms with E-state index in [1.807, 2.05) is 0 Å². The van der Waals surface area contributed by atoms with Crippen LogP contribution in [0.1, 0.15) is 31.2 Å². The molecule has 1 heterocycles. The fraction of sp³-hybridized carbons (Fsp3) is 0.357. The highest BCUT2D eigenvalue weighted by Crippen LogP contribution is 2.19. The van der Waals surface area contributed by atoms with Crippen molar-refractivity contribution < 1.29 is 0 Å². The first-order valence-corrected chi connectivity index (χ1v) is 5.66. The van der Waals surface area contributed by atoms with Crippen LogP contribution in [0.2, 0.25) is 0 Å². The molecule has 0 radical (unpaired) electrons. The highest BCUT2D eigenvalue weighted by Gasteiger charge is 2.02. The second-order valence-corrected chi connectivity index (χ2v) is 4.04. The van der Waals surface area contributed by atoms with Crippen LogP contribution < -0.4 is 0 Å². The maximum Gasteiger partial charge on any atom is 0.0485 e. The van der Waals surface area contributed by atoms with Crippen LogP contribution in [-0.4, -0.2) is 4.98 Å². The van der Waals surface area contributed by atoms with E-state index >= 15 is 0 Å². The van der Waals surface area contributed by atoms with E-state index in [0.29, 0.717) is 0 Å². The highest BCUT2D eigenvalue weighted by atomic mass is 14.7. The predicted molar refractivity (Wildman–Crippen MR) is 65.1 cm³/mol. The van der Waals surface area contributed by atoms with Crippen molar-refractivity contribution in [3.05, 3.63) is 41.7 Å². The molecule has 0 aliphatic carbocycles. The lowest BCUT2D eigenvalue weighted by Gasteiger charge is -2.06. The average molecular weight is 199 g/mol. The van der Waals surface area contributed by atoms with Gasteiger partial charge in [-0.05, 0) is 31.2 Å². The Kier molecular flexibility index (Phi) is 3.00. The minimum atomic E-state index is 1.10. The zero-order valence-electron chi connectivity index (χ0n) is 9.46. The fourth-order valence-corrected chi connectivity index (χ4v) is 1.95. The van der Waals surface area contributed by atoms with Crippen LogP contribution in [0.15, 0.2) is 30.3 Å². The molecule has 78 valence electrons.